The molecule has 0 fully saturated rings. The van der Waals surface area contributed by atoms with Crippen molar-refractivity contribution in [3.05, 3.63) is 69.9 Å². The summed E-state index contributed by atoms with van der Waals surface area (Å²) in [6.45, 7) is 1.98. The summed E-state index contributed by atoms with van der Waals surface area (Å²) in [7, 11) is 0. The molecule has 1 atom stereocenters. The molecular formula is C16H16BrFO. The van der Waals surface area contributed by atoms with Crippen LogP contribution in [0.1, 0.15) is 30.9 Å². The third-order valence-corrected chi connectivity index (χ3v) is 3.87. The molecule has 1 N–H and O–H groups in total. The fourth-order valence-electron chi connectivity index (χ4n) is 2.33. The molecule has 19 heavy (non-hydrogen) atoms. The Morgan fingerprint density at radius 1 is 1.11 bits per heavy atom. The Morgan fingerprint density at radius 3 is 2.42 bits per heavy atom. The van der Waals surface area contributed by atoms with Gasteiger partial charge in [0, 0.05) is 5.56 Å². The summed E-state index contributed by atoms with van der Waals surface area (Å²) >= 11 is 3.18. The van der Waals surface area contributed by atoms with Gasteiger partial charge in [-0.05, 0) is 34.0 Å². The molecule has 2 rings (SSSR count). The summed E-state index contributed by atoms with van der Waals surface area (Å²) < 4.78 is 14.7. The van der Waals surface area contributed by atoms with Crippen LogP contribution in [0.3, 0.4) is 0 Å². The van der Waals surface area contributed by atoms with Crippen LogP contribution in [0.15, 0.2) is 53.0 Å². The van der Waals surface area contributed by atoms with Gasteiger partial charge in [-0.3, -0.25) is 0 Å². The first kappa shape index (κ1) is 14.2. The average molecular weight is 323 g/mol. The van der Waals surface area contributed by atoms with Gasteiger partial charge < -0.3 is 5.11 Å². The minimum Gasteiger partial charge on any atom is -0.380 e. The molecular weight excluding hydrogens is 307 g/mol. The quantitative estimate of drug-likeness (QED) is 0.870. The van der Waals surface area contributed by atoms with E-state index in [4.69, 9.17) is 0 Å². The Hall–Kier alpha value is -1.19. The second-order valence-electron chi connectivity index (χ2n) is 4.58. The van der Waals surface area contributed by atoms with Crippen molar-refractivity contribution in [2.75, 3.05) is 0 Å². The molecule has 2 aromatic carbocycles. The van der Waals surface area contributed by atoms with E-state index in [9.17, 15) is 9.50 Å². The van der Waals surface area contributed by atoms with Crippen LogP contribution < -0.4 is 0 Å². The SMILES string of the molecule is CCCC(O)(c1ccccc1)c1cccc(Br)c1F. The first-order valence-corrected chi connectivity index (χ1v) is 7.11. The lowest BCUT2D eigenvalue weighted by Gasteiger charge is -2.29. The van der Waals surface area contributed by atoms with E-state index in [1.807, 2.05) is 37.3 Å². The van der Waals surface area contributed by atoms with E-state index in [0.29, 0.717) is 22.0 Å². The lowest BCUT2D eigenvalue weighted by atomic mass is 9.82. The fourth-order valence-corrected chi connectivity index (χ4v) is 2.70. The Labute approximate surface area is 121 Å². The molecule has 1 unspecified atom stereocenters. The highest BCUT2D eigenvalue weighted by Crippen LogP contribution is 2.37. The molecule has 0 aromatic heterocycles. The first-order chi connectivity index (χ1) is 9.09. The zero-order valence-corrected chi connectivity index (χ0v) is 12.3. The minimum atomic E-state index is -1.29. The molecule has 100 valence electrons. The zero-order valence-electron chi connectivity index (χ0n) is 10.7. The van der Waals surface area contributed by atoms with Crippen molar-refractivity contribution in [1.82, 2.24) is 0 Å². The number of benzene rings is 2. The third-order valence-electron chi connectivity index (χ3n) is 3.26. The number of aliphatic hydroxyl groups is 1. The fraction of sp³-hybridized carbons (Fsp3) is 0.250. The maximum atomic E-state index is 14.3. The van der Waals surface area contributed by atoms with Crippen LogP contribution in [0.2, 0.25) is 0 Å². The lowest BCUT2D eigenvalue weighted by Crippen LogP contribution is -2.28. The summed E-state index contributed by atoms with van der Waals surface area (Å²) in [5.74, 6) is -0.401. The topological polar surface area (TPSA) is 20.2 Å². The van der Waals surface area contributed by atoms with E-state index < -0.39 is 11.4 Å². The maximum Gasteiger partial charge on any atom is 0.143 e. The molecule has 0 radical (unpaired) electrons. The van der Waals surface area contributed by atoms with Crippen LogP contribution in [0, 0.1) is 5.82 Å². The Balaban J connectivity index is 2.60. The average Bonchev–Trinajstić information content (AvgIpc) is 2.43. The molecule has 0 saturated carbocycles. The lowest BCUT2D eigenvalue weighted by molar-refractivity contribution is 0.0662. The molecule has 0 aliphatic carbocycles. The first-order valence-electron chi connectivity index (χ1n) is 6.32. The Bertz CT molecular complexity index is 556. The van der Waals surface area contributed by atoms with Crippen LogP contribution in [-0.2, 0) is 5.60 Å². The Morgan fingerprint density at radius 2 is 1.79 bits per heavy atom. The molecule has 0 aliphatic heterocycles. The monoisotopic (exact) mass is 322 g/mol. The summed E-state index contributed by atoms with van der Waals surface area (Å²) in [5.41, 5.74) is -0.257. The smallest absolute Gasteiger partial charge is 0.143 e. The minimum absolute atomic E-state index is 0.315. The van der Waals surface area contributed by atoms with E-state index in [2.05, 4.69) is 15.9 Å². The number of hydrogen-bond donors (Lipinski definition) is 1. The summed E-state index contributed by atoms with van der Waals surface area (Å²) in [4.78, 5) is 0. The van der Waals surface area contributed by atoms with Gasteiger partial charge in [-0.25, -0.2) is 4.39 Å². The van der Waals surface area contributed by atoms with Crippen molar-refractivity contribution in [2.45, 2.75) is 25.4 Å². The van der Waals surface area contributed by atoms with Crippen LogP contribution >= 0.6 is 15.9 Å². The molecule has 0 aliphatic rings. The molecule has 0 spiro atoms. The predicted octanol–water partition coefficient (Wildman–Crippen LogP) is 4.62. The number of rotatable bonds is 4. The van der Waals surface area contributed by atoms with Crippen LogP contribution in [0.4, 0.5) is 4.39 Å². The van der Waals surface area contributed by atoms with Crippen molar-refractivity contribution in [2.24, 2.45) is 0 Å². The van der Waals surface area contributed by atoms with Crippen molar-refractivity contribution in [3.8, 4) is 0 Å². The van der Waals surface area contributed by atoms with Gasteiger partial charge in [-0.2, -0.15) is 0 Å². The zero-order chi connectivity index (χ0) is 13.9. The summed E-state index contributed by atoms with van der Waals surface area (Å²) in [5, 5.41) is 11.0. The standard InChI is InChI=1S/C16H16BrFO/c1-2-11-16(19,12-7-4-3-5-8-12)13-9-6-10-14(17)15(13)18/h3-10,19H,2,11H2,1H3. The second kappa shape index (κ2) is 5.85. The van der Waals surface area contributed by atoms with Gasteiger partial charge in [-0.15, -0.1) is 0 Å². The van der Waals surface area contributed by atoms with E-state index in [0.717, 1.165) is 6.42 Å². The van der Waals surface area contributed by atoms with Gasteiger partial charge >= 0.3 is 0 Å². The van der Waals surface area contributed by atoms with E-state index in [1.54, 1.807) is 18.2 Å². The maximum absolute atomic E-state index is 14.3. The number of hydrogen-bond acceptors (Lipinski definition) is 1. The van der Waals surface area contributed by atoms with Gasteiger partial charge in [0.15, 0.2) is 0 Å². The van der Waals surface area contributed by atoms with Crippen LogP contribution in [-0.4, -0.2) is 5.11 Å². The summed E-state index contributed by atoms with van der Waals surface area (Å²) in [6.07, 6.45) is 1.24. The molecule has 1 nitrogen and oxygen atoms in total. The van der Waals surface area contributed by atoms with Crippen molar-refractivity contribution < 1.29 is 9.50 Å². The largest absolute Gasteiger partial charge is 0.380 e. The molecule has 0 bridgehead atoms. The highest BCUT2D eigenvalue weighted by Gasteiger charge is 2.33. The van der Waals surface area contributed by atoms with E-state index >= 15 is 0 Å². The Kier molecular flexibility index (Phi) is 4.38. The van der Waals surface area contributed by atoms with Crippen LogP contribution in [0.25, 0.3) is 0 Å². The van der Waals surface area contributed by atoms with Crippen molar-refractivity contribution in [1.29, 1.82) is 0 Å². The molecule has 3 heteroatoms. The normalized spacial score (nSPS) is 14.1. The van der Waals surface area contributed by atoms with Gasteiger partial charge in [-0.1, -0.05) is 55.8 Å². The highest BCUT2D eigenvalue weighted by atomic mass is 79.9. The molecule has 0 saturated heterocycles. The van der Waals surface area contributed by atoms with Crippen molar-refractivity contribution in [3.63, 3.8) is 0 Å². The van der Waals surface area contributed by atoms with Crippen LogP contribution in [0.5, 0.6) is 0 Å². The predicted molar refractivity (Wildman–Crippen MR) is 78.4 cm³/mol. The molecule has 2 aromatic rings. The third kappa shape index (κ3) is 2.72. The second-order valence-corrected chi connectivity index (χ2v) is 5.43. The van der Waals surface area contributed by atoms with E-state index in [-0.39, 0.29) is 0 Å². The molecule has 0 heterocycles. The van der Waals surface area contributed by atoms with E-state index in [1.165, 1.54) is 0 Å². The van der Waals surface area contributed by atoms with Gasteiger partial charge in [0.05, 0.1) is 4.47 Å². The van der Waals surface area contributed by atoms with Gasteiger partial charge in [0.1, 0.15) is 11.4 Å². The summed E-state index contributed by atoms with van der Waals surface area (Å²) in [6, 6.07) is 14.3. The van der Waals surface area contributed by atoms with Gasteiger partial charge in [0.2, 0.25) is 0 Å². The number of halogens is 2. The molecule has 0 amide bonds. The highest BCUT2D eigenvalue weighted by molar-refractivity contribution is 9.10. The van der Waals surface area contributed by atoms with Gasteiger partial charge in [0.25, 0.3) is 0 Å². The van der Waals surface area contributed by atoms with Crippen molar-refractivity contribution >= 4 is 15.9 Å².